The van der Waals surface area contributed by atoms with Gasteiger partial charge in [-0.25, -0.2) is 0 Å². The monoisotopic (exact) mass is 222 g/mol. The van der Waals surface area contributed by atoms with Crippen LogP contribution in [0, 0.1) is 24.2 Å². The normalized spacial score (nSPS) is 11.9. The second kappa shape index (κ2) is 5.04. The minimum absolute atomic E-state index is 0.0325. The molecule has 0 heterocycles. The lowest BCUT2D eigenvalue weighted by Gasteiger charge is -2.22. The van der Waals surface area contributed by atoms with Crippen molar-refractivity contribution in [2.45, 2.75) is 13.8 Å². The summed E-state index contributed by atoms with van der Waals surface area (Å²) in [5, 5.41) is 9.49. The molecule has 2 nitrogen and oxygen atoms in total. The van der Waals surface area contributed by atoms with Gasteiger partial charge in [-0.15, -0.1) is 0 Å². The third-order valence-corrected chi connectivity index (χ3v) is 2.57. The predicted molar refractivity (Wildman–Crippen MR) is 64.2 cm³/mol. The van der Waals surface area contributed by atoms with Gasteiger partial charge in [0.2, 0.25) is 0 Å². The Morgan fingerprint density at radius 1 is 1.53 bits per heavy atom. The maximum Gasteiger partial charge on any atom is 0.0671 e. The summed E-state index contributed by atoms with van der Waals surface area (Å²) in [7, 11) is 1.99. The van der Waals surface area contributed by atoms with E-state index in [9.17, 15) is 0 Å². The second-order valence-corrected chi connectivity index (χ2v) is 4.28. The predicted octanol–water partition coefficient (Wildman–Crippen LogP) is 3.24. The number of hydrogen-bond donors (Lipinski definition) is 0. The highest BCUT2D eigenvalue weighted by molar-refractivity contribution is 6.30. The van der Waals surface area contributed by atoms with Gasteiger partial charge in [0.15, 0.2) is 0 Å². The highest BCUT2D eigenvalue weighted by Gasteiger charge is 2.08. The Kier molecular flexibility index (Phi) is 3.99. The van der Waals surface area contributed by atoms with Crippen LogP contribution in [0.4, 0.5) is 5.69 Å². The van der Waals surface area contributed by atoms with E-state index in [1.807, 2.05) is 39.1 Å². The van der Waals surface area contributed by atoms with Gasteiger partial charge in [-0.1, -0.05) is 11.6 Å². The lowest BCUT2D eigenvalue weighted by molar-refractivity contribution is 0.715. The van der Waals surface area contributed by atoms with Crippen LogP contribution in [0.15, 0.2) is 18.2 Å². The molecule has 15 heavy (non-hydrogen) atoms. The van der Waals surface area contributed by atoms with Crippen molar-refractivity contribution in [1.82, 2.24) is 0 Å². The summed E-state index contributed by atoms with van der Waals surface area (Å²) < 4.78 is 0. The molecule has 0 fully saturated rings. The molecule has 1 aromatic carbocycles. The number of hydrogen-bond acceptors (Lipinski definition) is 2. The van der Waals surface area contributed by atoms with E-state index in [0.717, 1.165) is 22.8 Å². The number of nitrogens with zero attached hydrogens (tertiary/aromatic N) is 2. The first-order valence-electron chi connectivity index (χ1n) is 4.91. The Morgan fingerprint density at radius 3 is 2.73 bits per heavy atom. The minimum atomic E-state index is 0.0325. The van der Waals surface area contributed by atoms with Gasteiger partial charge in [-0.2, -0.15) is 5.26 Å². The van der Waals surface area contributed by atoms with Gasteiger partial charge in [0.1, 0.15) is 0 Å². The van der Waals surface area contributed by atoms with Crippen LogP contribution >= 0.6 is 11.6 Å². The van der Waals surface area contributed by atoms with Crippen molar-refractivity contribution in [3.05, 3.63) is 28.8 Å². The van der Waals surface area contributed by atoms with Crippen molar-refractivity contribution in [2.75, 3.05) is 18.5 Å². The van der Waals surface area contributed by atoms with Crippen LogP contribution in [0.3, 0.4) is 0 Å². The lowest BCUT2D eigenvalue weighted by Crippen LogP contribution is -2.23. The molecule has 0 saturated heterocycles. The Morgan fingerprint density at radius 2 is 2.20 bits per heavy atom. The van der Waals surface area contributed by atoms with Gasteiger partial charge in [-0.3, -0.25) is 0 Å². The van der Waals surface area contributed by atoms with Crippen molar-refractivity contribution in [2.24, 2.45) is 5.92 Å². The fraction of sp³-hybridized carbons (Fsp3) is 0.417. The first-order valence-corrected chi connectivity index (χ1v) is 5.29. The van der Waals surface area contributed by atoms with E-state index in [1.165, 1.54) is 0 Å². The molecule has 0 N–H and O–H groups in total. The minimum Gasteiger partial charge on any atom is -0.373 e. The number of benzene rings is 1. The van der Waals surface area contributed by atoms with Crippen molar-refractivity contribution < 1.29 is 0 Å². The number of nitriles is 1. The summed E-state index contributed by atoms with van der Waals surface area (Å²) in [5.74, 6) is 0.0325. The van der Waals surface area contributed by atoms with E-state index in [0.29, 0.717) is 0 Å². The molecule has 0 amide bonds. The highest BCUT2D eigenvalue weighted by Crippen LogP contribution is 2.23. The zero-order chi connectivity index (χ0) is 11.4. The summed E-state index contributed by atoms with van der Waals surface area (Å²) in [6.07, 6.45) is 0. The van der Waals surface area contributed by atoms with Crippen LogP contribution in [0.25, 0.3) is 0 Å². The summed E-state index contributed by atoms with van der Waals surface area (Å²) in [4.78, 5) is 2.08. The molecule has 0 aliphatic rings. The smallest absolute Gasteiger partial charge is 0.0671 e. The van der Waals surface area contributed by atoms with Gasteiger partial charge in [-0.05, 0) is 37.6 Å². The first-order chi connectivity index (χ1) is 7.04. The Balaban J connectivity index is 2.83. The number of aryl methyl sites for hydroxylation is 1. The number of halogens is 1. The topological polar surface area (TPSA) is 27.0 Å². The molecule has 0 saturated carbocycles. The fourth-order valence-corrected chi connectivity index (χ4v) is 1.82. The largest absolute Gasteiger partial charge is 0.373 e. The molecule has 0 aliphatic carbocycles. The molecule has 3 heteroatoms. The van der Waals surface area contributed by atoms with E-state index in [1.54, 1.807) is 0 Å². The van der Waals surface area contributed by atoms with E-state index in [4.69, 9.17) is 16.9 Å². The van der Waals surface area contributed by atoms with E-state index >= 15 is 0 Å². The summed E-state index contributed by atoms with van der Waals surface area (Å²) in [6.45, 7) is 4.68. The third kappa shape index (κ3) is 3.14. The van der Waals surface area contributed by atoms with Crippen LogP contribution in [0.1, 0.15) is 12.5 Å². The maximum atomic E-state index is 8.75. The zero-order valence-corrected chi connectivity index (χ0v) is 10.0. The van der Waals surface area contributed by atoms with E-state index < -0.39 is 0 Å². The van der Waals surface area contributed by atoms with Crippen molar-refractivity contribution >= 4 is 17.3 Å². The summed E-state index contributed by atoms with van der Waals surface area (Å²) in [6, 6.07) is 8.02. The molecule has 0 bridgehead atoms. The van der Waals surface area contributed by atoms with Crippen LogP contribution in [0.2, 0.25) is 5.02 Å². The van der Waals surface area contributed by atoms with E-state index in [-0.39, 0.29) is 5.92 Å². The Hall–Kier alpha value is -1.20. The second-order valence-electron chi connectivity index (χ2n) is 3.84. The molecule has 0 spiro atoms. The molecule has 0 aliphatic heterocycles. The third-order valence-electron chi connectivity index (χ3n) is 2.34. The standard InChI is InChI=1S/C12H15ClN2/c1-9(7-14)8-15(3)12-5-4-11(13)6-10(12)2/h4-6,9H,8H2,1-3H3. The Bertz CT molecular complexity index is 382. The van der Waals surface area contributed by atoms with Gasteiger partial charge < -0.3 is 4.90 Å². The zero-order valence-electron chi connectivity index (χ0n) is 9.29. The van der Waals surface area contributed by atoms with Crippen molar-refractivity contribution in [3.8, 4) is 6.07 Å². The highest BCUT2D eigenvalue weighted by atomic mass is 35.5. The summed E-state index contributed by atoms with van der Waals surface area (Å²) >= 11 is 5.88. The molecule has 80 valence electrons. The van der Waals surface area contributed by atoms with Crippen LogP contribution in [-0.2, 0) is 0 Å². The molecule has 0 radical (unpaired) electrons. The molecule has 1 aromatic rings. The maximum absolute atomic E-state index is 8.75. The van der Waals surface area contributed by atoms with Gasteiger partial charge >= 0.3 is 0 Å². The average molecular weight is 223 g/mol. The SMILES string of the molecule is Cc1cc(Cl)ccc1N(C)CC(C)C#N. The van der Waals surface area contributed by atoms with Crippen LogP contribution in [-0.4, -0.2) is 13.6 Å². The molecule has 0 aromatic heterocycles. The number of anilines is 1. The van der Waals surface area contributed by atoms with Crippen LogP contribution in [0.5, 0.6) is 0 Å². The quantitative estimate of drug-likeness (QED) is 0.785. The molecule has 1 rings (SSSR count). The van der Waals surface area contributed by atoms with Gasteiger partial charge in [0.05, 0.1) is 12.0 Å². The van der Waals surface area contributed by atoms with E-state index in [2.05, 4.69) is 11.0 Å². The molecule has 1 unspecified atom stereocenters. The Labute approximate surface area is 96.1 Å². The van der Waals surface area contributed by atoms with Crippen LogP contribution < -0.4 is 4.90 Å². The van der Waals surface area contributed by atoms with Gasteiger partial charge in [0.25, 0.3) is 0 Å². The summed E-state index contributed by atoms with van der Waals surface area (Å²) in [5.41, 5.74) is 2.26. The first kappa shape index (κ1) is 11.9. The van der Waals surface area contributed by atoms with Crippen molar-refractivity contribution in [3.63, 3.8) is 0 Å². The van der Waals surface area contributed by atoms with Gasteiger partial charge in [0, 0.05) is 24.3 Å². The molecular formula is C12H15ClN2. The van der Waals surface area contributed by atoms with Crippen molar-refractivity contribution in [1.29, 1.82) is 5.26 Å². The number of rotatable bonds is 3. The fourth-order valence-electron chi connectivity index (χ4n) is 1.60. The molecule has 1 atom stereocenters. The average Bonchev–Trinajstić information content (AvgIpc) is 2.17. The molecular weight excluding hydrogens is 208 g/mol. The lowest BCUT2D eigenvalue weighted by atomic mass is 10.1.